The van der Waals surface area contributed by atoms with Gasteiger partial charge in [-0.05, 0) is 198 Å². The van der Waals surface area contributed by atoms with Crippen molar-refractivity contribution < 1.29 is 0 Å². The maximum absolute atomic E-state index is 2.44. The first-order valence-corrected chi connectivity index (χ1v) is 37.5. The molecule has 0 amide bonds. The lowest BCUT2D eigenvalue weighted by atomic mass is 10.00. The predicted molar refractivity (Wildman–Crippen MR) is 460 cm³/mol. The monoisotopic (exact) mass is 1390 g/mol. The second kappa shape index (κ2) is 24.9. The second-order valence-corrected chi connectivity index (χ2v) is 28.9. The van der Waals surface area contributed by atoms with Gasteiger partial charge in [0.2, 0.25) is 0 Å². The molecular weight excluding hydrogens is 1320 g/mol. The molecule has 0 spiro atoms. The quantitative estimate of drug-likeness (QED) is 0.138. The fraction of sp³-hybridized carbons (Fsp3) is 0.00971. The Kier molecular flexibility index (Phi) is 14.1. The summed E-state index contributed by atoms with van der Waals surface area (Å²) in [6.07, 6.45) is 0. The van der Waals surface area contributed by atoms with Gasteiger partial charge in [0.05, 0.1) is 66.2 Å². The topological polar surface area (TPSA) is 29.6 Å². The molecule has 17 aromatic carbocycles. The average Bonchev–Trinajstić information content (AvgIpc) is 1.60. The Balaban J connectivity index is 0.000000135. The minimum Gasteiger partial charge on any atom is -0.309 e. The van der Waals surface area contributed by atoms with Gasteiger partial charge in [0, 0.05) is 98.8 Å². The van der Waals surface area contributed by atoms with Gasteiger partial charge in [-0.2, -0.15) is 0 Å². The van der Waals surface area contributed by atoms with Crippen LogP contribution in [0.25, 0.3) is 198 Å². The van der Waals surface area contributed by atoms with Crippen molar-refractivity contribution >= 4 is 131 Å². The molecule has 0 saturated heterocycles. The first-order valence-electron chi connectivity index (χ1n) is 37.5. The van der Waals surface area contributed by atoms with Crippen molar-refractivity contribution in [3.05, 3.63) is 400 Å². The van der Waals surface area contributed by atoms with Crippen LogP contribution in [0.5, 0.6) is 0 Å². The first kappa shape index (κ1) is 62.0. The van der Waals surface area contributed by atoms with Crippen LogP contribution in [0, 0.1) is 6.92 Å². The van der Waals surface area contributed by atoms with E-state index in [9.17, 15) is 0 Å². The van der Waals surface area contributed by atoms with Gasteiger partial charge < -0.3 is 27.4 Å². The van der Waals surface area contributed by atoms with Crippen molar-refractivity contribution in [3.8, 4) is 67.5 Å². The normalized spacial score (nSPS) is 11.9. The molecule has 6 aromatic heterocycles. The van der Waals surface area contributed by atoms with E-state index < -0.39 is 0 Å². The molecule has 6 heterocycles. The van der Waals surface area contributed by atoms with Gasteiger partial charge in [-0.25, -0.2) is 0 Å². The van der Waals surface area contributed by atoms with Gasteiger partial charge in [0.25, 0.3) is 0 Å². The molecule has 6 nitrogen and oxygen atoms in total. The van der Waals surface area contributed by atoms with Crippen LogP contribution in [0.4, 0.5) is 0 Å². The number of fused-ring (bicyclic) bond motifs is 18. The van der Waals surface area contributed by atoms with Crippen molar-refractivity contribution in [3.63, 3.8) is 0 Å². The van der Waals surface area contributed by atoms with Crippen LogP contribution in [0.1, 0.15) is 5.56 Å². The number of benzene rings is 17. The molecule has 510 valence electrons. The standard InChI is InChI=1S/C54H35N3.C49H33N3/c1-2-14-36(15-3-1)38-28-30-53-47(33-38)48-34-39(37-16-12-17-40(32-37)55-49-24-8-4-20-43(49)44-21-5-9-25-50(44)55)29-31-54(48)57(53)42-19-13-18-41(35-42)56-51-26-10-6-22-45(51)46-23-7-11-27-52(46)56;1-32-24-26-48-42(28-32)43-30-34(33-12-10-13-35(29-33)50-44-20-6-2-16-38(44)39-17-3-7-21-45(39)50)25-27-49(43)52(48)37-15-11-14-36(31-37)51-46-22-8-4-18-40(46)41-19-5-9-23-47(41)51/h1-35H;2-31H,1H3. The third-order valence-corrected chi connectivity index (χ3v) is 22.7. The Labute approximate surface area is 628 Å². The van der Waals surface area contributed by atoms with Crippen molar-refractivity contribution in [2.45, 2.75) is 6.92 Å². The van der Waals surface area contributed by atoms with E-state index in [1.165, 1.54) is 170 Å². The zero-order valence-corrected chi connectivity index (χ0v) is 59.7. The molecule has 0 aliphatic carbocycles. The van der Waals surface area contributed by atoms with E-state index in [1.54, 1.807) is 0 Å². The number of rotatable bonds is 9. The number of para-hydroxylation sites is 8. The van der Waals surface area contributed by atoms with Gasteiger partial charge in [-0.15, -0.1) is 0 Å². The molecular formula is C103H68N6. The van der Waals surface area contributed by atoms with E-state index in [-0.39, 0.29) is 0 Å². The lowest BCUT2D eigenvalue weighted by molar-refractivity contribution is 1.13. The molecule has 0 saturated carbocycles. The third kappa shape index (κ3) is 9.89. The molecule has 23 aromatic rings. The van der Waals surface area contributed by atoms with Crippen molar-refractivity contribution in [2.75, 3.05) is 0 Å². The summed E-state index contributed by atoms with van der Waals surface area (Å²) < 4.78 is 14.5. The van der Waals surface area contributed by atoms with E-state index in [2.05, 4.69) is 429 Å². The molecule has 0 atom stereocenters. The van der Waals surface area contributed by atoms with E-state index in [0.717, 1.165) is 34.1 Å². The van der Waals surface area contributed by atoms with Gasteiger partial charge in [-0.3, -0.25) is 0 Å². The minimum absolute atomic E-state index is 1.13. The number of hydrogen-bond donors (Lipinski definition) is 0. The minimum atomic E-state index is 1.13. The maximum atomic E-state index is 2.44. The summed E-state index contributed by atoms with van der Waals surface area (Å²) in [4.78, 5) is 0. The Morgan fingerprint density at radius 1 is 0.128 bits per heavy atom. The molecule has 0 N–H and O–H groups in total. The summed E-state index contributed by atoms with van der Waals surface area (Å²) in [5.74, 6) is 0. The fourth-order valence-electron chi connectivity index (χ4n) is 17.9. The number of nitrogens with zero attached hydrogens (tertiary/aromatic N) is 6. The fourth-order valence-corrected chi connectivity index (χ4v) is 17.9. The number of aryl methyl sites for hydroxylation is 1. The largest absolute Gasteiger partial charge is 0.309 e. The summed E-state index contributed by atoms with van der Waals surface area (Å²) in [7, 11) is 0. The summed E-state index contributed by atoms with van der Waals surface area (Å²) in [5, 5.41) is 15.1. The molecule has 0 fully saturated rings. The van der Waals surface area contributed by atoms with Crippen molar-refractivity contribution in [1.29, 1.82) is 0 Å². The van der Waals surface area contributed by atoms with E-state index in [1.807, 2.05) is 0 Å². The Bertz CT molecular complexity index is 7420. The van der Waals surface area contributed by atoms with Crippen LogP contribution in [0.3, 0.4) is 0 Å². The Hall–Kier alpha value is -14.5. The Morgan fingerprint density at radius 3 is 0.624 bits per heavy atom. The smallest absolute Gasteiger partial charge is 0.0541 e. The van der Waals surface area contributed by atoms with Crippen molar-refractivity contribution in [2.24, 2.45) is 0 Å². The van der Waals surface area contributed by atoms with E-state index in [0.29, 0.717) is 0 Å². The van der Waals surface area contributed by atoms with E-state index >= 15 is 0 Å². The van der Waals surface area contributed by atoms with Crippen LogP contribution in [0.15, 0.2) is 394 Å². The molecule has 0 radical (unpaired) electrons. The zero-order valence-electron chi connectivity index (χ0n) is 59.7. The lowest BCUT2D eigenvalue weighted by Gasteiger charge is -2.13. The van der Waals surface area contributed by atoms with Crippen molar-refractivity contribution in [1.82, 2.24) is 27.4 Å². The SMILES string of the molecule is Cc1ccc2c(c1)c1cc(-c3cccc(-n4c5ccccc5c5ccccc54)c3)ccc1n2-c1cccc(-n2c3ccccc3c3ccccc32)c1.c1ccc(-c2ccc3c(c2)c2cc(-c4cccc(-n5c6ccccc6c6ccccc65)c4)ccc2n3-c2cccc(-n3c4ccccc4c4ccccc43)c2)cc1. The second-order valence-electron chi connectivity index (χ2n) is 28.9. The van der Waals surface area contributed by atoms with Gasteiger partial charge in [-0.1, -0.05) is 242 Å². The summed E-state index contributed by atoms with van der Waals surface area (Å²) in [6.45, 7) is 2.19. The summed E-state index contributed by atoms with van der Waals surface area (Å²) in [5.41, 5.74) is 29.8. The highest BCUT2D eigenvalue weighted by Crippen LogP contribution is 2.43. The molecule has 0 aliphatic heterocycles. The summed E-state index contributed by atoms with van der Waals surface area (Å²) in [6, 6.07) is 144. The molecule has 0 bridgehead atoms. The zero-order chi connectivity index (χ0) is 71.8. The molecule has 109 heavy (non-hydrogen) atoms. The van der Waals surface area contributed by atoms with Gasteiger partial charge in [0.1, 0.15) is 0 Å². The van der Waals surface area contributed by atoms with Crippen LogP contribution in [-0.4, -0.2) is 27.4 Å². The van der Waals surface area contributed by atoms with Crippen LogP contribution < -0.4 is 0 Å². The average molecular weight is 1390 g/mol. The van der Waals surface area contributed by atoms with Crippen LogP contribution in [-0.2, 0) is 0 Å². The van der Waals surface area contributed by atoms with Gasteiger partial charge in [0.15, 0.2) is 0 Å². The summed E-state index contributed by atoms with van der Waals surface area (Å²) >= 11 is 0. The predicted octanol–water partition coefficient (Wildman–Crippen LogP) is 27.3. The van der Waals surface area contributed by atoms with Crippen LogP contribution in [0.2, 0.25) is 0 Å². The Morgan fingerprint density at radius 2 is 0.330 bits per heavy atom. The highest BCUT2D eigenvalue weighted by atomic mass is 15.0. The highest BCUT2D eigenvalue weighted by Gasteiger charge is 2.22. The number of hydrogen-bond acceptors (Lipinski definition) is 0. The first-order chi connectivity index (χ1) is 54.0. The molecule has 6 heteroatoms. The van der Waals surface area contributed by atoms with Gasteiger partial charge >= 0.3 is 0 Å². The number of aromatic nitrogens is 6. The van der Waals surface area contributed by atoms with E-state index in [4.69, 9.17) is 0 Å². The molecule has 0 unspecified atom stereocenters. The highest BCUT2D eigenvalue weighted by molar-refractivity contribution is 6.16. The maximum Gasteiger partial charge on any atom is 0.0541 e. The third-order valence-electron chi connectivity index (χ3n) is 22.7. The molecule has 0 aliphatic rings. The van der Waals surface area contributed by atoms with Crippen LogP contribution >= 0.6 is 0 Å². The lowest BCUT2D eigenvalue weighted by Crippen LogP contribution is -1.98. The molecule has 23 rings (SSSR count).